The molecule has 0 aliphatic carbocycles. The molecule has 0 spiro atoms. The molecule has 0 aliphatic rings. The van der Waals surface area contributed by atoms with Crippen molar-refractivity contribution in [2.75, 3.05) is 10.7 Å². The van der Waals surface area contributed by atoms with Gasteiger partial charge in [-0.1, -0.05) is 0 Å². The van der Waals surface area contributed by atoms with Crippen LogP contribution in [0.2, 0.25) is 0 Å². The number of aryl methyl sites for hydroxylation is 1. The largest absolute Gasteiger partial charge is 0.391 e. The van der Waals surface area contributed by atoms with E-state index in [0.717, 1.165) is 0 Å². The number of aromatic nitrogens is 2. The maximum absolute atomic E-state index is 12.1. The molecule has 8 heteroatoms. The van der Waals surface area contributed by atoms with E-state index >= 15 is 0 Å². The fourth-order valence-corrected chi connectivity index (χ4v) is 1.36. The highest BCUT2D eigenvalue weighted by molar-refractivity contribution is 5.42. The molecular weight excluding hydrogens is 235 g/mol. The predicted octanol–water partition coefficient (Wildman–Crippen LogP) is 1.82. The number of nitrogens with one attached hydrogen (secondary N) is 2. The van der Waals surface area contributed by atoms with Crippen LogP contribution in [-0.4, -0.2) is 22.2 Å². The molecule has 1 atom stereocenters. The van der Waals surface area contributed by atoms with E-state index < -0.39 is 18.6 Å². The van der Waals surface area contributed by atoms with Gasteiger partial charge in [-0.05, 0) is 13.8 Å². The fraction of sp³-hybridized carbons (Fsp3) is 0.556. The monoisotopic (exact) mass is 249 g/mol. The summed E-state index contributed by atoms with van der Waals surface area (Å²) < 4.78 is 36.4. The standard InChI is InChI=1S/C9H14F3N5/c1-5-3-7(16-8(15-5)17-13)14-6(2)4-9(10,11)12/h3,6H,4,13H2,1-2H3,(H2,14,15,16,17). The molecule has 0 fully saturated rings. The molecule has 0 aromatic carbocycles. The molecule has 1 aromatic rings. The first kappa shape index (κ1) is 13.5. The van der Waals surface area contributed by atoms with Crippen LogP contribution in [0.3, 0.4) is 0 Å². The van der Waals surface area contributed by atoms with Crippen LogP contribution < -0.4 is 16.6 Å². The average molecular weight is 249 g/mol. The first-order valence-electron chi connectivity index (χ1n) is 4.96. The van der Waals surface area contributed by atoms with E-state index in [-0.39, 0.29) is 5.95 Å². The van der Waals surface area contributed by atoms with Crippen LogP contribution in [0.5, 0.6) is 0 Å². The lowest BCUT2D eigenvalue weighted by molar-refractivity contribution is -0.136. The van der Waals surface area contributed by atoms with Gasteiger partial charge in [0.1, 0.15) is 5.82 Å². The third-order valence-corrected chi connectivity index (χ3v) is 1.92. The highest BCUT2D eigenvalue weighted by Crippen LogP contribution is 2.23. The van der Waals surface area contributed by atoms with Crippen LogP contribution >= 0.6 is 0 Å². The second-order valence-electron chi connectivity index (χ2n) is 3.73. The minimum atomic E-state index is -4.20. The predicted molar refractivity (Wildman–Crippen MR) is 58.3 cm³/mol. The number of alkyl halides is 3. The number of nitrogen functional groups attached to an aromatic ring is 1. The summed E-state index contributed by atoms with van der Waals surface area (Å²) in [4.78, 5) is 7.82. The molecule has 1 heterocycles. The van der Waals surface area contributed by atoms with Gasteiger partial charge in [0.05, 0.1) is 6.42 Å². The van der Waals surface area contributed by atoms with Crippen LogP contribution in [0.15, 0.2) is 6.07 Å². The number of hydrogen-bond donors (Lipinski definition) is 3. The van der Waals surface area contributed by atoms with Gasteiger partial charge in [-0.3, -0.25) is 5.43 Å². The Morgan fingerprint density at radius 2 is 2.06 bits per heavy atom. The fourth-order valence-electron chi connectivity index (χ4n) is 1.36. The highest BCUT2D eigenvalue weighted by Gasteiger charge is 2.30. The minimum absolute atomic E-state index is 0.159. The number of hydrogen-bond acceptors (Lipinski definition) is 5. The molecule has 96 valence electrons. The molecule has 4 N–H and O–H groups in total. The van der Waals surface area contributed by atoms with Crippen molar-refractivity contribution < 1.29 is 13.2 Å². The Hall–Kier alpha value is -1.57. The van der Waals surface area contributed by atoms with E-state index in [2.05, 4.69) is 20.7 Å². The van der Waals surface area contributed by atoms with Crippen molar-refractivity contribution in [1.82, 2.24) is 9.97 Å². The molecule has 1 rings (SSSR count). The van der Waals surface area contributed by atoms with Gasteiger partial charge in [-0.2, -0.15) is 18.2 Å². The zero-order valence-corrected chi connectivity index (χ0v) is 9.47. The Bertz CT molecular complexity index is 379. The second-order valence-corrected chi connectivity index (χ2v) is 3.73. The Morgan fingerprint density at radius 1 is 1.41 bits per heavy atom. The van der Waals surface area contributed by atoms with Crippen molar-refractivity contribution in [3.05, 3.63) is 11.8 Å². The van der Waals surface area contributed by atoms with E-state index in [0.29, 0.717) is 11.5 Å². The molecule has 0 radical (unpaired) electrons. The average Bonchev–Trinajstić information content (AvgIpc) is 2.13. The molecule has 0 bridgehead atoms. The van der Waals surface area contributed by atoms with Gasteiger partial charge in [0, 0.05) is 17.8 Å². The quantitative estimate of drug-likeness (QED) is 0.560. The van der Waals surface area contributed by atoms with Crippen molar-refractivity contribution in [3.63, 3.8) is 0 Å². The van der Waals surface area contributed by atoms with Crippen LogP contribution in [0, 0.1) is 6.92 Å². The first-order chi connectivity index (χ1) is 7.80. The molecule has 0 saturated heterocycles. The first-order valence-corrected chi connectivity index (χ1v) is 4.96. The van der Waals surface area contributed by atoms with E-state index in [1.165, 1.54) is 6.92 Å². The maximum atomic E-state index is 12.1. The van der Waals surface area contributed by atoms with Gasteiger partial charge in [-0.15, -0.1) is 0 Å². The minimum Gasteiger partial charge on any atom is -0.367 e. The van der Waals surface area contributed by atoms with E-state index in [9.17, 15) is 13.2 Å². The van der Waals surface area contributed by atoms with Crippen molar-refractivity contribution in [3.8, 4) is 0 Å². The normalized spacial score (nSPS) is 13.3. The van der Waals surface area contributed by atoms with Gasteiger partial charge >= 0.3 is 6.18 Å². The molecule has 0 aliphatic heterocycles. The van der Waals surface area contributed by atoms with Crippen LogP contribution in [0.1, 0.15) is 19.0 Å². The third kappa shape index (κ3) is 4.85. The van der Waals surface area contributed by atoms with Crippen molar-refractivity contribution in [2.45, 2.75) is 32.5 Å². The lowest BCUT2D eigenvalue weighted by Gasteiger charge is -2.16. The van der Waals surface area contributed by atoms with E-state index in [1.54, 1.807) is 13.0 Å². The number of nitrogens with two attached hydrogens (primary N) is 1. The molecule has 0 amide bonds. The Balaban J connectivity index is 2.71. The molecule has 17 heavy (non-hydrogen) atoms. The van der Waals surface area contributed by atoms with Crippen LogP contribution in [-0.2, 0) is 0 Å². The number of nitrogens with zero attached hydrogens (tertiary/aromatic N) is 2. The van der Waals surface area contributed by atoms with Crippen molar-refractivity contribution >= 4 is 11.8 Å². The third-order valence-electron chi connectivity index (χ3n) is 1.92. The molecule has 0 saturated carbocycles. The Morgan fingerprint density at radius 3 is 2.59 bits per heavy atom. The second kappa shape index (κ2) is 5.17. The van der Waals surface area contributed by atoms with Gasteiger partial charge in [0.25, 0.3) is 0 Å². The molecule has 1 unspecified atom stereocenters. The number of halogens is 3. The van der Waals surface area contributed by atoms with Crippen LogP contribution in [0.4, 0.5) is 24.9 Å². The summed E-state index contributed by atoms with van der Waals surface area (Å²) in [6, 6.07) is 0.781. The summed E-state index contributed by atoms with van der Waals surface area (Å²) in [6.07, 6.45) is -5.13. The summed E-state index contributed by atoms with van der Waals surface area (Å²) in [6.45, 7) is 3.13. The number of anilines is 2. The molecular formula is C9H14F3N5. The smallest absolute Gasteiger partial charge is 0.367 e. The molecule has 1 aromatic heterocycles. The number of rotatable bonds is 4. The summed E-state index contributed by atoms with van der Waals surface area (Å²) in [7, 11) is 0. The van der Waals surface area contributed by atoms with Crippen molar-refractivity contribution in [1.29, 1.82) is 0 Å². The Kier molecular flexibility index (Phi) is 4.11. The summed E-state index contributed by atoms with van der Waals surface area (Å²) in [5.74, 6) is 5.60. The van der Waals surface area contributed by atoms with E-state index in [4.69, 9.17) is 5.84 Å². The zero-order valence-electron chi connectivity index (χ0n) is 9.47. The van der Waals surface area contributed by atoms with Gasteiger partial charge in [-0.25, -0.2) is 10.8 Å². The van der Waals surface area contributed by atoms with Gasteiger partial charge in [0.15, 0.2) is 0 Å². The maximum Gasteiger partial charge on any atom is 0.391 e. The van der Waals surface area contributed by atoms with Gasteiger partial charge in [0.2, 0.25) is 5.95 Å². The topological polar surface area (TPSA) is 75.9 Å². The van der Waals surface area contributed by atoms with Crippen LogP contribution in [0.25, 0.3) is 0 Å². The SMILES string of the molecule is Cc1cc(NC(C)CC(F)(F)F)nc(NN)n1. The lowest BCUT2D eigenvalue weighted by Crippen LogP contribution is -2.24. The summed E-state index contributed by atoms with van der Waals surface area (Å²) in [5.41, 5.74) is 2.85. The summed E-state index contributed by atoms with van der Waals surface area (Å²) >= 11 is 0. The lowest BCUT2D eigenvalue weighted by atomic mass is 10.2. The zero-order chi connectivity index (χ0) is 13.1. The summed E-state index contributed by atoms with van der Waals surface area (Å²) in [5, 5.41) is 2.65. The highest BCUT2D eigenvalue weighted by atomic mass is 19.4. The van der Waals surface area contributed by atoms with E-state index in [1.807, 2.05) is 0 Å². The Labute approximate surface area is 96.6 Å². The van der Waals surface area contributed by atoms with Crippen molar-refractivity contribution in [2.24, 2.45) is 5.84 Å². The van der Waals surface area contributed by atoms with Gasteiger partial charge < -0.3 is 5.32 Å². The number of hydrazine groups is 1. The molecule has 5 nitrogen and oxygen atoms in total.